The van der Waals surface area contributed by atoms with Crippen molar-refractivity contribution in [3.05, 3.63) is 0 Å². The monoisotopic (exact) mass is 283 g/mol. The van der Waals surface area contributed by atoms with Gasteiger partial charge in [0.1, 0.15) is 0 Å². The maximum atomic E-state index is 12.3. The fourth-order valence-electron chi connectivity index (χ4n) is 3.23. The molecule has 2 saturated heterocycles. The van der Waals surface area contributed by atoms with Gasteiger partial charge in [0.15, 0.2) is 0 Å². The highest BCUT2D eigenvalue weighted by atomic mass is 16.5. The number of carboxylic acid groups (broad SMARTS) is 1. The molecule has 2 atom stereocenters. The van der Waals surface area contributed by atoms with Crippen molar-refractivity contribution in [2.75, 3.05) is 19.7 Å². The molecule has 0 aromatic heterocycles. The Bertz CT molecular complexity index is 376. The number of carbonyl (C=O) groups is 2. The zero-order valence-corrected chi connectivity index (χ0v) is 12.4. The lowest BCUT2D eigenvalue weighted by Crippen LogP contribution is -2.41. The molecule has 2 heterocycles. The fraction of sp³-hybridized carbons (Fsp3) is 0.867. The number of hydrogen-bond donors (Lipinski definition) is 1. The lowest BCUT2D eigenvalue weighted by molar-refractivity contribution is -0.151. The average Bonchev–Trinajstić information content (AvgIpc) is 2.86. The summed E-state index contributed by atoms with van der Waals surface area (Å²) in [5.41, 5.74) is -0.775. The summed E-state index contributed by atoms with van der Waals surface area (Å²) >= 11 is 0. The van der Waals surface area contributed by atoms with Gasteiger partial charge in [-0.2, -0.15) is 0 Å². The van der Waals surface area contributed by atoms with E-state index in [9.17, 15) is 14.7 Å². The lowest BCUT2D eigenvalue weighted by atomic mass is 9.76. The molecule has 5 heteroatoms. The van der Waals surface area contributed by atoms with Crippen molar-refractivity contribution in [2.24, 2.45) is 11.3 Å². The van der Waals surface area contributed by atoms with E-state index < -0.39 is 11.4 Å². The first-order valence-corrected chi connectivity index (χ1v) is 7.58. The van der Waals surface area contributed by atoms with Crippen LogP contribution in [-0.2, 0) is 14.3 Å². The summed E-state index contributed by atoms with van der Waals surface area (Å²) in [5, 5.41) is 9.49. The van der Waals surface area contributed by atoms with Crippen LogP contribution in [0.4, 0.5) is 0 Å². The van der Waals surface area contributed by atoms with E-state index in [-0.39, 0.29) is 17.9 Å². The Kier molecular flexibility index (Phi) is 4.68. The number of carboxylic acids is 1. The molecule has 0 bridgehead atoms. The van der Waals surface area contributed by atoms with Gasteiger partial charge in [-0.25, -0.2) is 0 Å². The fourth-order valence-corrected chi connectivity index (χ4v) is 3.23. The van der Waals surface area contributed by atoms with Crippen LogP contribution in [0.1, 0.15) is 46.0 Å². The highest BCUT2D eigenvalue weighted by molar-refractivity contribution is 5.81. The standard InChI is InChI=1S/C15H25NO4/c1-11(2)15(14(18)19)6-7-16(10-15)13(17)9-12-5-3-4-8-20-12/h11-12H,3-10H2,1-2H3,(H,18,19). The van der Waals surface area contributed by atoms with Crippen molar-refractivity contribution in [3.63, 3.8) is 0 Å². The van der Waals surface area contributed by atoms with Crippen molar-refractivity contribution in [2.45, 2.75) is 52.1 Å². The zero-order chi connectivity index (χ0) is 14.8. The van der Waals surface area contributed by atoms with E-state index in [1.54, 1.807) is 4.90 Å². The molecule has 0 saturated carbocycles. The molecule has 0 aromatic carbocycles. The van der Waals surface area contributed by atoms with Gasteiger partial charge in [-0.3, -0.25) is 9.59 Å². The molecule has 5 nitrogen and oxygen atoms in total. The van der Waals surface area contributed by atoms with Gasteiger partial charge in [-0.15, -0.1) is 0 Å². The van der Waals surface area contributed by atoms with Gasteiger partial charge in [-0.05, 0) is 31.6 Å². The molecule has 2 fully saturated rings. The summed E-state index contributed by atoms with van der Waals surface area (Å²) in [5.74, 6) is -0.707. The number of ether oxygens (including phenoxy) is 1. The van der Waals surface area contributed by atoms with Gasteiger partial charge >= 0.3 is 5.97 Å². The summed E-state index contributed by atoms with van der Waals surface area (Å²) in [6.45, 7) is 5.48. The average molecular weight is 283 g/mol. The summed E-state index contributed by atoms with van der Waals surface area (Å²) in [7, 11) is 0. The Labute approximate surface area is 120 Å². The summed E-state index contributed by atoms with van der Waals surface area (Å²) in [4.78, 5) is 25.6. The maximum absolute atomic E-state index is 12.3. The van der Waals surface area contributed by atoms with Crippen LogP contribution in [0.2, 0.25) is 0 Å². The predicted molar refractivity (Wildman–Crippen MR) is 74.3 cm³/mol. The lowest BCUT2D eigenvalue weighted by Gasteiger charge is -2.29. The molecule has 0 aromatic rings. The second-order valence-corrected chi connectivity index (χ2v) is 6.37. The van der Waals surface area contributed by atoms with Gasteiger partial charge in [-0.1, -0.05) is 13.8 Å². The van der Waals surface area contributed by atoms with Crippen LogP contribution < -0.4 is 0 Å². The Hall–Kier alpha value is -1.10. The van der Waals surface area contributed by atoms with Crippen molar-refractivity contribution in [3.8, 4) is 0 Å². The minimum atomic E-state index is -0.781. The van der Waals surface area contributed by atoms with Crippen LogP contribution >= 0.6 is 0 Å². The van der Waals surface area contributed by atoms with E-state index in [1.807, 2.05) is 13.8 Å². The first-order chi connectivity index (χ1) is 9.45. The van der Waals surface area contributed by atoms with Gasteiger partial charge in [0.2, 0.25) is 5.91 Å². The second kappa shape index (κ2) is 6.12. The van der Waals surface area contributed by atoms with E-state index in [4.69, 9.17) is 4.74 Å². The predicted octanol–water partition coefficient (Wildman–Crippen LogP) is 1.90. The molecule has 0 spiro atoms. The molecular weight excluding hydrogens is 258 g/mol. The number of hydrogen-bond acceptors (Lipinski definition) is 3. The molecular formula is C15H25NO4. The van der Waals surface area contributed by atoms with Crippen molar-refractivity contribution in [1.82, 2.24) is 4.90 Å². The molecule has 0 aliphatic carbocycles. The van der Waals surface area contributed by atoms with Crippen LogP contribution in [-0.4, -0.2) is 47.7 Å². The Morgan fingerprint density at radius 2 is 2.15 bits per heavy atom. The quantitative estimate of drug-likeness (QED) is 0.855. The summed E-state index contributed by atoms with van der Waals surface area (Å²) in [6, 6.07) is 0. The number of carbonyl (C=O) groups excluding carboxylic acids is 1. The summed E-state index contributed by atoms with van der Waals surface area (Å²) in [6.07, 6.45) is 4.10. The second-order valence-electron chi connectivity index (χ2n) is 6.37. The van der Waals surface area contributed by atoms with Crippen molar-refractivity contribution in [1.29, 1.82) is 0 Å². The first kappa shape index (κ1) is 15.3. The van der Waals surface area contributed by atoms with Crippen molar-refractivity contribution < 1.29 is 19.4 Å². The Balaban J connectivity index is 1.94. The van der Waals surface area contributed by atoms with Gasteiger partial charge in [0, 0.05) is 19.7 Å². The third-order valence-electron chi connectivity index (χ3n) is 4.86. The van der Waals surface area contributed by atoms with E-state index in [0.717, 1.165) is 25.9 Å². The molecule has 1 amide bonds. The van der Waals surface area contributed by atoms with Crippen LogP contribution in [0.25, 0.3) is 0 Å². The number of likely N-dealkylation sites (tertiary alicyclic amines) is 1. The highest BCUT2D eigenvalue weighted by Crippen LogP contribution is 2.38. The first-order valence-electron chi connectivity index (χ1n) is 7.58. The Morgan fingerprint density at radius 1 is 1.40 bits per heavy atom. The van der Waals surface area contributed by atoms with Crippen LogP contribution in [0.15, 0.2) is 0 Å². The number of nitrogens with zero attached hydrogens (tertiary/aromatic N) is 1. The zero-order valence-electron chi connectivity index (χ0n) is 12.4. The molecule has 1 N–H and O–H groups in total. The number of rotatable bonds is 4. The molecule has 114 valence electrons. The van der Waals surface area contributed by atoms with Crippen LogP contribution in [0.3, 0.4) is 0 Å². The normalized spacial score (nSPS) is 30.8. The van der Waals surface area contributed by atoms with E-state index in [0.29, 0.717) is 25.9 Å². The maximum Gasteiger partial charge on any atom is 0.311 e. The van der Waals surface area contributed by atoms with Crippen LogP contribution in [0, 0.1) is 11.3 Å². The number of amides is 1. The third kappa shape index (κ3) is 2.97. The summed E-state index contributed by atoms with van der Waals surface area (Å²) < 4.78 is 5.59. The topological polar surface area (TPSA) is 66.8 Å². The minimum absolute atomic E-state index is 0.0233. The molecule has 2 unspecified atom stereocenters. The molecule has 2 rings (SSSR count). The molecule has 2 aliphatic rings. The molecule has 2 aliphatic heterocycles. The molecule has 0 radical (unpaired) electrons. The van der Waals surface area contributed by atoms with Gasteiger partial charge in [0.05, 0.1) is 17.9 Å². The highest BCUT2D eigenvalue weighted by Gasteiger charge is 2.48. The van der Waals surface area contributed by atoms with Gasteiger partial charge in [0.25, 0.3) is 0 Å². The van der Waals surface area contributed by atoms with E-state index in [1.165, 1.54) is 0 Å². The van der Waals surface area contributed by atoms with Crippen LogP contribution in [0.5, 0.6) is 0 Å². The SMILES string of the molecule is CC(C)C1(C(=O)O)CCN(C(=O)CC2CCCCO2)C1. The number of aliphatic carboxylic acids is 1. The smallest absolute Gasteiger partial charge is 0.311 e. The van der Waals surface area contributed by atoms with Crippen molar-refractivity contribution >= 4 is 11.9 Å². The van der Waals surface area contributed by atoms with Gasteiger partial charge < -0.3 is 14.7 Å². The Morgan fingerprint density at radius 3 is 2.65 bits per heavy atom. The van der Waals surface area contributed by atoms with E-state index >= 15 is 0 Å². The largest absolute Gasteiger partial charge is 0.481 e. The molecule has 20 heavy (non-hydrogen) atoms. The third-order valence-corrected chi connectivity index (χ3v) is 4.86. The van der Waals surface area contributed by atoms with E-state index in [2.05, 4.69) is 0 Å². The minimum Gasteiger partial charge on any atom is -0.481 e.